The zero-order valence-electron chi connectivity index (χ0n) is 12.0. The largest absolute Gasteiger partial charge is 0.378 e. The van der Waals surface area contributed by atoms with Crippen LogP contribution < -0.4 is 15.5 Å². The van der Waals surface area contributed by atoms with Crippen molar-refractivity contribution in [2.75, 3.05) is 32.1 Å². The van der Waals surface area contributed by atoms with Gasteiger partial charge in [-0.25, -0.2) is 0 Å². The van der Waals surface area contributed by atoms with E-state index in [9.17, 15) is 0 Å². The Bertz CT molecular complexity index is 366. The molecule has 0 unspecified atom stereocenters. The molecule has 18 heavy (non-hydrogen) atoms. The summed E-state index contributed by atoms with van der Waals surface area (Å²) >= 11 is 0. The summed E-state index contributed by atoms with van der Waals surface area (Å²) in [5, 5.41) is 6.96. The molecule has 0 spiro atoms. The second kappa shape index (κ2) is 5.72. The first-order chi connectivity index (χ1) is 8.56. The van der Waals surface area contributed by atoms with Gasteiger partial charge >= 0.3 is 0 Å². The zero-order chi connectivity index (χ0) is 13.1. The first-order valence-corrected chi connectivity index (χ1v) is 6.84. The molecule has 3 heteroatoms. The number of hydrogen-bond acceptors (Lipinski definition) is 3. The molecule has 0 aromatic heterocycles. The van der Waals surface area contributed by atoms with Gasteiger partial charge in [-0.3, -0.25) is 0 Å². The molecule has 1 heterocycles. The van der Waals surface area contributed by atoms with Gasteiger partial charge in [-0.1, -0.05) is 19.9 Å². The summed E-state index contributed by atoms with van der Waals surface area (Å²) in [5.41, 5.74) is 4.14. The van der Waals surface area contributed by atoms with Crippen LogP contribution >= 0.6 is 0 Å². The van der Waals surface area contributed by atoms with Crippen molar-refractivity contribution >= 4 is 5.69 Å². The summed E-state index contributed by atoms with van der Waals surface area (Å²) in [4.78, 5) is 2.19. The number of benzene rings is 1. The summed E-state index contributed by atoms with van der Waals surface area (Å²) in [7, 11) is 4.21. The van der Waals surface area contributed by atoms with Crippen LogP contribution in [0.2, 0.25) is 0 Å². The average Bonchev–Trinajstić information content (AvgIpc) is 2.81. The Morgan fingerprint density at radius 1 is 1.17 bits per heavy atom. The van der Waals surface area contributed by atoms with E-state index in [2.05, 4.69) is 61.7 Å². The summed E-state index contributed by atoms with van der Waals surface area (Å²) < 4.78 is 0. The van der Waals surface area contributed by atoms with Gasteiger partial charge < -0.3 is 15.5 Å². The highest BCUT2D eigenvalue weighted by Gasteiger charge is 2.14. The summed E-state index contributed by atoms with van der Waals surface area (Å²) in [6, 6.07) is 6.94. The van der Waals surface area contributed by atoms with Gasteiger partial charge in [0.1, 0.15) is 0 Å². The monoisotopic (exact) mass is 247 g/mol. The highest BCUT2D eigenvalue weighted by molar-refractivity contribution is 5.51. The van der Waals surface area contributed by atoms with Crippen LogP contribution in [-0.2, 0) is 6.42 Å². The minimum Gasteiger partial charge on any atom is -0.378 e. The standard InChI is InChI=1S/C15H25N3/c1-11(2)13-7-12(8-14(10-13)18(3)4)9-15-16-5-6-17-15/h7-8,10-11,15-17H,5-6,9H2,1-4H3. The van der Waals surface area contributed by atoms with Crippen molar-refractivity contribution in [2.24, 2.45) is 0 Å². The van der Waals surface area contributed by atoms with Crippen molar-refractivity contribution in [1.82, 2.24) is 10.6 Å². The van der Waals surface area contributed by atoms with Crippen LogP contribution in [0.15, 0.2) is 18.2 Å². The molecular weight excluding hydrogens is 222 g/mol. The van der Waals surface area contributed by atoms with Gasteiger partial charge in [0, 0.05) is 39.3 Å². The second-order valence-electron chi connectivity index (χ2n) is 5.65. The van der Waals surface area contributed by atoms with Crippen LogP contribution in [-0.4, -0.2) is 33.4 Å². The van der Waals surface area contributed by atoms with Crippen molar-refractivity contribution in [3.63, 3.8) is 0 Å². The zero-order valence-corrected chi connectivity index (χ0v) is 12.0. The predicted octanol–water partition coefficient (Wildman–Crippen LogP) is 1.94. The molecule has 1 fully saturated rings. The lowest BCUT2D eigenvalue weighted by Gasteiger charge is -2.19. The highest BCUT2D eigenvalue weighted by atomic mass is 15.2. The molecule has 100 valence electrons. The van der Waals surface area contributed by atoms with E-state index in [1.807, 2.05) is 0 Å². The Morgan fingerprint density at radius 3 is 2.39 bits per heavy atom. The van der Waals surface area contributed by atoms with Crippen LogP contribution in [0.3, 0.4) is 0 Å². The maximum Gasteiger partial charge on any atom is 0.0614 e. The fourth-order valence-electron chi connectivity index (χ4n) is 2.35. The van der Waals surface area contributed by atoms with Crippen molar-refractivity contribution in [3.05, 3.63) is 29.3 Å². The molecule has 0 radical (unpaired) electrons. The minimum absolute atomic E-state index is 0.433. The van der Waals surface area contributed by atoms with E-state index in [4.69, 9.17) is 0 Å². The van der Waals surface area contributed by atoms with E-state index < -0.39 is 0 Å². The molecule has 0 bridgehead atoms. The van der Waals surface area contributed by atoms with Gasteiger partial charge in [-0.15, -0.1) is 0 Å². The molecule has 1 saturated heterocycles. The molecule has 0 aliphatic carbocycles. The van der Waals surface area contributed by atoms with Gasteiger partial charge in [0.2, 0.25) is 0 Å². The number of rotatable bonds is 4. The Kier molecular flexibility index (Phi) is 4.25. The minimum atomic E-state index is 0.433. The fourth-order valence-corrected chi connectivity index (χ4v) is 2.35. The number of hydrogen-bond donors (Lipinski definition) is 2. The highest BCUT2D eigenvalue weighted by Crippen LogP contribution is 2.23. The van der Waals surface area contributed by atoms with Gasteiger partial charge in [0.25, 0.3) is 0 Å². The Labute approximate surface area is 111 Å². The van der Waals surface area contributed by atoms with Crippen LogP contribution in [0.4, 0.5) is 5.69 Å². The molecule has 3 nitrogen and oxygen atoms in total. The summed E-state index contributed by atoms with van der Waals surface area (Å²) in [6.07, 6.45) is 1.49. The smallest absolute Gasteiger partial charge is 0.0614 e. The number of anilines is 1. The Hall–Kier alpha value is -1.06. The van der Waals surface area contributed by atoms with E-state index in [-0.39, 0.29) is 0 Å². The molecule has 0 amide bonds. The number of nitrogens with zero attached hydrogens (tertiary/aromatic N) is 1. The topological polar surface area (TPSA) is 27.3 Å². The van der Waals surface area contributed by atoms with E-state index >= 15 is 0 Å². The molecule has 2 rings (SSSR count). The maximum atomic E-state index is 3.48. The Morgan fingerprint density at radius 2 is 1.83 bits per heavy atom. The number of nitrogens with one attached hydrogen (secondary N) is 2. The normalized spacial score (nSPS) is 16.5. The lowest BCUT2D eigenvalue weighted by Crippen LogP contribution is -2.33. The Balaban J connectivity index is 2.21. The van der Waals surface area contributed by atoms with Crippen LogP contribution in [0, 0.1) is 0 Å². The molecular formula is C15H25N3. The molecule has 1 aromatic rings. The van der Waals surface area contributed by atoms with Crippen LogP contribution in [0.25, 0.3) is 0 Å². The van der Waals surface area contributed by atoms with E-state index in [1.54, 1.807) is 0 Å². The van der Waals surface area contributed by atoms with Crippen molar-refractivity contribution in [1.29, 1.82) is 0 Å². The predicted molar refractivity (Wildman–Crippen MR) is 78.4 cm³/mol. The quantitative estimate of drug-likeness (QED) is 0.851. The van der Waals surface area contributed by atoms with Gasteiger partial charge in [0.15, 0.2) is 0 Å². The molecule has 0 saturated carbocycles. The molecule has 0 atom stereocenters. The molecule has 1 aliphatic heterocycles. The van der Waals surface area contributed by atoms with Gasteiger partial charge in [-0.2, -0.15) is 0 Å². The van der Waals surface area contributed by atoms with E-state index in [1.165, 1.54) is 16.8 Å². The summed E-state index contributed by atoms with van der Waals surface area (Å²) in [6.45, 7) is 6.67. The molecule has 2 N–H and O–H groups in total. The summed E-state index contributed by atoms with van der Waals surface area (Å²) in [5.74, 6) is 0.577. The molecule has 1 aliphatic rings. The van der Waals surface area contributed by atoms with Crippen molar-refractivity contribution in [3.8, 4) is 0 Å². The first-order valence-electron chi connectivity index (χ1n) is 6.84. The average molecular weight is 247 g/mol. The van der Waals surface area contributed by atoms with Crippen LogP contribution in [0.1, 0.15) is 30.9 Å². The van der Waals surface area contributed by atoms with E-state index in [0.29, 0.717) is 12.1 Å². The lowest BCUT2D eigenvalue weighted by molar-refractivity contribution is 0.551. The lowest BCUT2D eigenvalue weighted by atomic mass is 9.98. The third-order valence-corrected chi connectivity index (χ3v) is 3.53. The van der Waals surface area contributed by atoms with E-state index in [0.717, 1.165) is 19.5 Å². The third-order valence-electron chi connectivity index (χ3n) is 3.53. The molecule has 1 aromatic carbocycles. The third kappa shape index (κ3) is 3.24. The van der Waals surface area contributed by atoms with Crippen molar-refractivity contribution in [2.45, 2.75) is 32.4 Å². The van der Waals surface area contributed by atoms with Gasteiger partial charge in [-0.05, 0) is 29.2 Å². The second-order valence-corrected chi connectivity index (χ2v) is 5.65. The van der Waals surface area contributed by atoms with Crippen molar-refractivity contribution < 1.29 is 0 Å². The van der Waals surface area contributed by atoms with Crippen LogP contribution in [0.5, 0.6) is 0 Å². The maximum absolute atomic E-state index is 3.48. The fraction of sp³-hybridized carbons (Fsp3) is 0.600. The SMILES string of the molecule is CC(C)c1cc(CC2NCCN2)cc(N(C)C)c1. The van der Waals surface area contributed by atoms with Gasteiger partial charge in [0.05, 0.1) is 6.17 Å². The first kappa shape index (κ1) is 13.4.